The molecule has 1 aromatic heterocycles. The van der Waals surface area contributed by atoms with E-state index in [1.54, 1.807) is 0 Å². The van der Waals surface area contributed by atoms with Gasteiger partial charge in [0.05, 0.1) is 5.69 Å². The highest BCUT2D eigenvalue weighted by Gasteiger charge is 2.45. The summed E-state index contributed by atoms with van der Waals surface area (Å²) in [7, 11) is 0. The summed E-state index contributed by atoms with van der Waals surface area (Å²) in [5, 5.41) is 2.27. The lowest BCUT2D eigenvalue weighted by atomic mass is 9.77. The van der Waals surface area contributed by atoms with Crippen molar-refractivity contribution in [3.8, 4) is 55.6 Å². The van der Waals surface area contributed by atoms with Gasteiger partial charge in [0.25, 0.3) is 0 Å². The first-order valence-electron chi connectivity index (χ1n) is 21.6. The summed E-state index contributed by atoms with van der Waals surface area (Å²) in [6.07, 6.45) is 4.96. The number of rotatable bonds is 7. The van der Waals surface area contributed by atoms with Crippen LogP contribution >= 0.6 is 0 Å². The molecule has 0 aliphatic heterocycles. The lowest BCUT2D eigenvalue weighted by Gasteiger charge is -2.30. The molecule has 9 aromatic carbocycles. The molecule has 10 aromatic rings. The average Bonchev–Trinajstić information content (AvgIpc) is 4.05. The van der Waals surface area contributed by atoms with Crippen molar-refractivity contribution < 1.29 is 4.42 Å². The third kappa shape index (κ3) is 5.70. The standard InChI is InChI=1S/C59H43NO/c1-2-18-40(19-3-1)44-22-4-5-23-46(44)47-24-6-7-25-48(47)50-27-9-12-31-55(50)60(43-34-35-54-52(39-43)49-26-8-11-30-53(49)59(54)36-14-15-37-59)42-21-16-20-41(38-42)45-29-17-33-57-58(45)51-28-10-13-32-56(51)61-57/h1-13,16-35,38-39H,14-15,36-37H2. The maximum absolute atomic E-state index is 6.38. The van der Waals surface area contributed by atoms with Crippen molar-refractivity contribution in [1.82, 2.24) is 0 Å². The van der Waals surface area contributed by atoms with Gasteiger partial charge in [-0.15, -0.1) is 0 Å². The molecule has 0 amide bonds. The van der Waals surface area contributed by atoms with Gasteiger partial charge in [-0.3, -0.25) is 0 Å². The molecule has 12 rings (SSSR count). The van der Waals surface area contributed by atoms with E-state index >= 15 is 0 Å². The van der Waals surface area contributed by atoms with Crippen LogP contribution in [0.4, 0.5) is 17.1 Å². The van der Waals surface area contributed by atoms with Gasteiger partial charge in [-0.2, -0.15) is 0 Å². The maximum atomic E-state index is 6.38. The summed E-state index contributed by atoms with van der Waals surface area (Å²) in [5.74, 6) is 0. The van der Waals surface area contributed by atoms with Gasteiger partial charge in [0.15, 0.2) is 0 Å². The van der Waals surface area contributed by atoms with Gasteiger partial charge in [-0.25, -0.2) is 0 Å². The minimum atomic E-state index is 0.101. The Labute approximate surface area is 357 Å². The van der Waals surface area contributed by atoms with Crippen molar-refractivity contribution in [3.05, 3.63) is 223 Å². The van der Waals surface area contributed by atoms with Gasteiger partial charge in [0.2, 0.25) is 0 Å². The number of fused-ring (bicyclic) bond motifs is 8. The van der Waals surface area contributed by atoms with E-state index in [9.17, 15) is 0 Å². The van der Waals surface area contributed by atoms with Crippen LogP contribution in [0.3, 0.4) is 0 Å². The Kier molecular flexibility index (Phi) is 8.38. The SMILES string of the molecule is c1ccc(-c2ccccc2-c2ccccc2-c2ccccc2N(c2cccc(-c3cccc4oc5ccccc5c34)c2)c2ccc3c(c2)-c2ccccc2C32CCCC2)cc1. The van der Waals surface area contributed by atoms with E-state index in [-0.39, 0.29) is 5.41 Å². The Morgan fingerprint density at radius 1 is 0.361 bits per heavy atom. The van der Waals surface area contributed by atoms with Crippen molar-refractivity contribution in [2.75, 3.05) is 4.90 Å². The van der Waals surface area contributed by atoms with E-state index in [2.05, 4.69) is 211 Å². The maximum Gasteiger partial charge on any atom is 0.136 e. The fourth-order valence-electron chi connectivity index (χ4n) is 10.8. The summed E-state index contributed by atoms with van der Waals surface area (Å²) in [5.41, 5.74) is 20.5. The molecular weight excluding hydrogens is 739 g/mol. The third-order valence-corrected chi connectivity index (χ3v) is 13.4. The summed E-state index contributed by atoms with van der Waals surface area (Å²) in [4.78, 5) is 2.49. The number of hydrogen-bond acceptors (Lipinski definition) is 2. The molecular formula is C59H43NO. The zero-order valence-electron chi connectivity index (χ0n) is 33.9. The van der Waals surface area contributed by atoms with E-state index in [1.165, 1.54) is 81.3 Å². The smallest absolute Gasteiger partial charge is 0.136 e. The highest BCUT2D eigenvalue weighted by Crippen LogP contribution is 2.58. The Hall–Kier alpha value is -7.42. The topological polar surface area (TPSA) is 16.4 Å². The zero-order chi connectivity index (χ0) is 40.3. The van der Waals surface area contributed by atoms with E-state index in [0.29, 0.717) is 0 Å². The fourth-order valence-corrected chi connectivity index (χ4v) is 10.8. The van der Waals surface area contributed by atoms with E-state index in [0.717, 1.165) is 50.1 Å². The molecule has 61 heavy (non-hydrogen) atoms. The van der Waals surface area contributed by atoms with Gasteiger partial charge < -0.3 is 9.32 Å². The van der Waals surface area contributed by atoms with E-state index < -0.39 is 0 Å². The molecule has 0 unspecified atom stereocenters. The molecule has 2 nitrogen and oxygen atoms in total. The van der Waals surface area contributed by atoms with Crippen molar-refractivity contribution in [2.45, 2.75) is 31.1 Å². The van der Waals surface area contributed by atoms with Crippen LogP contribution < -0.4 is 4.90 Å². The summed E-state index contributed by atoms with van der Waals surface area (Å²) < 4.78 is 6.38. The largest absolute Gasteiger partial charge is 0.456 e. The van der Waals surface area contributed by atoms with Gasteiger partial charge in [-0.05, 0) is 117 Å². The molecule has 1 fully saturated rings. The number of anilines is 3. The van der Waals surface area contributed by atoms with Gasteiger partial charge in [-0.1, -0.05) is 183 Å². The molecule has 1 saturated carbocycles. The Bertz CT molecular complexity index is 3280. The van der Waals surface area contributed by atoms with E-state index in [4.69, 9.17) is 4.42 Å². The monoisotopic (exact) mass is 781 g/mol. The van der Waals surface area contributed by atoms with Crippen molar-refractivity contribution in [3.63, 3.8) is 0 Å². The molecule has 2 heteroatoms. The van der Waals surface area contributed by atoms with Crippen LogP contribution in [-0.2, 0) is 5.41 Å². The van der Waals surface area contributed by atoms with Crippen LogP contribution in [0.1, 0.15) is 36.8 Å². The summed E-state index contributed by atoms with van der Waals surface area (Å²) >= 11 is 0. The normalized spacial score (nSPS) is 13.8. The molecule has 290 valence electrons. The molecule has 2 aliphatic carbocycles. The first-order valence-corrected chi connectivity index (χ1v) is 21.6. The molecule has 1 spiro atoms. The van der Waals surface area contributed by atoms with Crippen molar-refractivity contribution in [2.24, 2.45) is 0 Å². The van der Waals surface area contributed by atoms with Crippen molar-refractivity contribution >= 4 is 39.0 Å². The first kappa shape index (κ1) is 35.5. The molecule has 2 aliphatic rings. The average molecular weight is 782 g/mol. The van der Waals surface area contributed by atoms with Crippen LogP contribution in [0.2, 0.25) is 0 Å². The quantitative estimate of drug-likeness (QED) is 0.160. The van der Waals surface area contributed by atoms with Crippen molar-refractivity contribution in [1.29, 1.82) is 0 Å². The molecule has 0 radical (unpaired) electrons. The third-order valence-electron chi connectivity index (χ3n) is 13.4. The van der Waals surface area contributed by atoms with Crippen LogP contribution in [0.15, 0.2) is 217 Å². The lowest BCUT2D eigenvalue weighted by molar-refractivity contribution is 0.550. The highest BCUT2D eigenvalue weighted by atomic mass is 16.3. The number of hydrogen-bond donors (Lipinski definition) is 0. The summed E-state index contributed by atoms with van der Waals surface area (Å²) in [6.45, 7) is 0. The fraction of sp³-hybridized carbons (Fsp3) is 0.0847. The zero-order valence-corrected chi connectivity index (χ0v) is 33.9. The van der Waals surface area contributed by atoms with Crippen LogP contribution in [0.25, 0.3) is 77.6 Å². The molecule has 1 heterocycles. The lowest BCUT2D eigenvalue weighted by Crippen LogP contribution is -2.20. The second-order valence-electron chi connectivity index (χ2n) is 16.7. The molecule has 0 bridgehead atoms. The molecule has 0 saturated heterocycles. The molecule has 0 atom stereocenters. The Morgan fingerprint density at radius 3 is 1.74 bits per heavy atom. The highest BCUT2D eigenvalue weighted by molar-refractivity contribution is 6.12. The van der Waals surface area contributed by atoms with E-state index in [1.807, 2.05) is 6.07 Å². The van der Waals surface area contributed by atoms with Gasteiger partial charge in [0, 0.05) is 33.1 Å². The minimum absolute atomic E-state index is 0.101. The number of nitrogens with zero attached hydrogens (tertiary/aromatic N) is 1. The van der Waals surface area contributed by atoms with Gasteiger partial charge in [0.1, 0.15) is 11.2 Å². The first-order chi connectivity index (χ1) is 30.2. The predicted octanol–water partition coefficient (Wildman–Crippen LogP) is 16.6. The second-order valence-corrected chi connectivity index (χ2v) is 16.7. The number of furan rings is 1. The number of benzene rings is 9. The van der Waals surface area contributed by atoms with Crippen LogP contribution in [0.5, 0.6) is 0 Å². The number of para-hydroxylation sites is 2. The predicted molar refractivity (Wildman–Crippen MR) is 255 cm³/mol. The van der Waals surface area contributed by atoms with Crippen LogP contribution in [0, 0.1) is 0 Å². The Balaban J connectivity index is 1.08. The Morgan fingerprint density at radius 2 is 0.918 bits per heavy atom. The molecule has 0 N–H and O–H groups in total. The van der Waals surface area contributed by atoms with Crippen LogP contribution in [-0.4, -0.2) is 0 Å². The summed E-state index contributed by atoms with van der Waals surface area (Å²) in [6, 6.07) is 77.8. The second kappa shape index (κ2) is 14.4. The minimum Gasteiger partial charge on any atom is -0.456 e. The van der Waals surface area contributed by atoms with Gasteiger partial charge >= 0.3 is 0 Å².